The van der Waals surface area contributed by atoms with E-state index in [0.717, 1.165) is 32.5 Å². The average Bonchev–Trinajstić information content (AvgIpc) is 3.18. The molecule has 1 saturated heterocycles. The fourth-order valence-electron chi connectivity index (χ4n) is 3.53. The fourth-order valence-corrected chi connectivity index (χ4v) is 3.53. The summed E-state index contributed by atoms with van der Waals surface area (Å²) >= 11 is 0. The zero-order chi connectivity index (χ0) is 14.8. The summed E-state index contributed by atoms with van der Waals surface area (Å²) < 4.78 is 0. The molecule has 20 heavy (non-hydrogen) atoms. The van der Waals surface area contributed by atoms with Crippen molar-refractivity contribution in [1.82, 2.24) is 10.2 Å². The highest BCUT2D eigenvalue weighted by molar-refractivity contribution is 5.80. The van der Waals surface area contributed by atoms with Crippen LogP contribution in [0.25, 0.3) is 0 Å². The van der Waals surface area contributed by atoms with Crippen LogP contribution in [0.1, 0.15) is 52.9 Å². The number of hydrogen-bond acceptors (Lipinski definition) is 3. The number of rotatable bonds is 6. The number of likely N-dealkylation sites (tertiary alicyclic amines) is 1. The predicted octanol–water partition coefficient (Wildman–Crippen LogP) is 2.34. The van der Waals surface area contributed by atoms with Crippen molar-refractivity contribution in [1.29, 1.82) is 0 Å². The first-order valence-electron chi connectivity index (χ1n) is 8.10. The number of carboxylic acid groups (broad SMARTS) is 1. The summed E-state index contributed by atoms with van der Waals surface area (Å²) in [5.41, 5.74) is -0.318. The Bertz CT molecular complexity index is 352. The normalized spacial score (nSPS) is 26.8. The molecule has 0 radical (unpaired) electrons. The minimum Gasteiger partial charge on any atom is -0.480 e. The highest BCUT2D eigenvalue weighted by atomic mass is 16.4. The standard InChI is InChI=1S/C16H30N2O2/c1-4-17-16(14(19)20,13-6-7-13)12-18-10-5-8-15(2,3)9-11-18/h13,17H,4-12H2,1-3H3,(H,19,20). The second kappa shape index (κ2) is 6.02. The van der Waals surface area contributed by atoms with E-state index in [-0.39, 0.29) is 0 Å². The monoisotopic (exact) mass is 282 g/mol. The van der Waals surface area contributed by atoms with Crippen molar-refractivity contribution in [3.8, 4) is 0 Å². The Morgan fingerprint density at radius 1 is 1.35 bits per heavy atom. The van der Waals surface area contributed by atoms with Crippen LogP contribution in [-0.2, 0) is 4.79 Å². The molecule has 1 atom stereocenters. The lowest BCUT2D eigenvalue weighted by Crippen LogP contribution is -2.60. The molecule has 1 aliphatic carbocycles. The Morgan fingerprint density at radius 3 is 2.60 bits per heavy atom. The number of carbonyl (C=O) groups is 1. The first-order valence-corrected chi connectivity index (χ1v) is 8.10. The molecule has 1 saturated carbocycles. The molecule has 4 nitrogen and oxygen atoms in total. The number of aliphatic carboxylic acids is 1. The van der Waals surface area contributed by atoms with Crippen LogP contribution < -0.4 is 5.32 Å². The lowest BCUT2D eigenvalue weighted by Gasteiger charge is -2.36. The van der Waals surface area contributed by atoms with Gasteiger partial charge in [0.25, 0.3) is 0 Å². The molecule has 2 rings (SSSR count). The van der Waals surface area contributed by atoms with E-state index in [0.29, 0.717) is 17.9 Å². The molecule has 116 valence electrons. The topological polar surface area (TPSA) is 52.6 Å². The fraction of sp³-hybridized carbons (Fsp3) is 0.938. The molecule has 1 aliphatic heterocycles. The molecular weight excluding hydrogens is 252 g/mol. The van der Waals surface area contributed by atoms with Crippen LogP contribution in [0, 0.1) is 11.3 Å². The minimum absolute atomic E-state index is 0.316. The van der Waals surface area contributed by atoms with Crippen molar-refractivity contribution in [2.75, 3.05) is 26.2 Å². The number of nitrogens with one attached hydrogen (secondary N) is 1. The van der Waals surface area contributed by atoms with Gasteiger partial charge in [-0.1, -0.05) is 20.8 Å². The number of carboxylic acids is 1. The van der Waals surface area contributed by atoms with Crippen molar-refractivity contribution in [2.24, 2.45) is 11.3 Å². The maximum absolute atomic E-state index is 11.9. The van der Waals surface area contributed by atoms with Gasteiger partial charge >= 0.3 is 5.97 Å². The third kappa shape index (κ3) is 3.53. The van der Waals surface area contributed by atoms with E-state index in [1.807, 2.05) is 6.92 Å². The molecule has 1 unspecified atom stereocenters. The zero-order valence-electron chi connectivity index (χ0n) is 13.2. The molecule has 2 fully saturated rings. The van der Waals surface area contributed by atoms with E-state index in [2.05, 4.69) is 24.1 Å². The van der Waals surface area contributed by atoms with Gasteiger partial charge in [-0.05, 0) is 63.1 Å². The molecule has 2 aliphatic rings. The van der Waals surface area contributed by atoms with Gasteiger partial charge in [0.15, 0.2) is 0 Å². The highest BCUT2D eigenvalue weighted by Gasteiger charge is 2.51. The second-order valence-corrected chi connectivity index (χ2v) is 7.38. The van der Waals surface area contributed by atoms with Gasteiger partial charge in [-0.25, -0.2) is 0 Å². The SMILES string of the molecule is CCNC(CN1CCCC(C)(C)CC1)(C(=O)O)C1CC1. The highest BCUT2D eigenvalue weighted by Crippen LogP contribution is 2.41. The van der Waals surface area contributed by atoms with E-state index in [9.17, 15) is 9.90 Å². The molecular formula is C16H30N2O2. The molecule has 0 spiro atoms. The molecule has 4 heteroatoms. The quantitative estimate of drug-likeness (QED) is 0.785. The van der Waals surface area contributed by atoms with Gasteiger partial charge in [0, 0.05) is 6.54 Å². The van der Waals surface area contributed by atoms with E-state index >= 15 is 0 Å². The third-order valence-electron chi connectivity index (χ3n) is 5.05. The number of likely N-dealkylation sites (N-methyl/N-ethyl adjacent to an activating group) is 1. The Labute approximate surface area is 122 Å². The van der Waals surface area contributed by atoms with Crippen LogP contribution >= 0.6 is 0 Å². The van der Waals surface area contributed by atoms with Gasteiger partial charge in [-0.3, -0.25) is 4.79 Å². The summed E-state index contributed by atoms with van der Waals surface area (Å²) in [6.45, 7) is 10.1. The van der Waals surface area contributed by atoms with Crippen molar-refractivity contribution in [2.45, 2.75) is 58.4 Å². The van der Waals surface area contributed by atoms with Crippen molar-refractivity contribution < 1.29 is 9.90 Å². The minimum atomic E-state index is -0.719. The summed E-state index contributed by atoms with van der Waals surface area (Å²) in [6, 6.07) is 0. The lowest BCUT2D eigenvalue weighted by atomic mass is 9.85. The first kappa shape index (κ1) is 15.8. The smallest absolute Gasteiger partial charge is 0.325 e. The summed E-state index contributed by atoms with van der Waals surface area (Å²) in [6.07, 6.45) is 5.70. The molecule has 2 N–H and O–H groups in total. The van der Waals surface area contributed by atoms with Gasteiger partial charge in [-0.15, -0.1) is 0 Å². The van der Waals surface area contributed by atoms with Crippen LogP contribution in [0.2, 0.25) is 0 Å². The maximum Gasteiger partial charge on any atom is 0.325 e. The Morgan fingerprint density at radius 2 is 2.05 bits per heavy atom. The van der Waals surface area contributed by atoms with Gasteiger partial charge in [-0.2, -0.15) is 0 Å². The van der Waals surface area contributed by atoms with Crippen LogP contribution in [0.5, 0.6) is 0 Å². The second-order valence-electron chi connectivity index (χ2n) is 7.38. The van der Waals surface area contributed by atoms with Crippen LogP contribution in [-0.4, -0.2) is 47.7 Å². The van der Waals surface area contributed by atoms with Gasteiger partial charge in [0.05, 0.1) is 0 Å². The molecule has 0 aromatic carbocycles. The van der Waals surface area contributed by atoms with E-state index < -0.39 is 11.5 Å². The first-order chi connectivity index (χ1) is 9.39. The van der Waals surface area contributed by atoms with Gasteiger partial charge in [0.2, 0.25) is 0 Å². The zero-order valence-corrected chi connectivity index (χ0v) is 13.2. The average molecular weight is 282 g/mol. The van der Waals surface area contributed by atoms with Crippen molar-refractivity contribution in [3.63, 3.8) is 0 Å². The summed E-state index contributed by atoms with van der Waals surface area (Å²) in [4.78, 5) is 14.3. The van der Waals surface area contributed by atoms with Crippen molar-refractivity contribution in [3.05, 3.63) is 0 Å². The summed E-state index contributed by atoms with van der Waals surface area (Å²) in [5.74, 6) is -0.346. The summed E-state index contributed by atoms with van der Waals surface area (Å²) in [7, 11) is 0. The Balaban J connectivity index is 2.05. The number of nitrogens with zero attached hydrogens (tertiary/aromatic N) is 1. The molecule has 0 aromatic heterocycles. The van der Waals surface area contributed by atoms with E-state index in [1.54, 1.807) is 0 Å². The molecule has 1 heterocycles. The van der Waals surface area contributed by atoms with E-state index in [4.69, 9.17) is 0 Å². The predicted molar refractivity (Wildman–Crippen MR) is 80.8 cm³/mol. The van der Waals surface area contributed by atoms with E-state index in [1.165, 1.54) is 19.3 Å². The van der Waals surface area contributed by atoms with Gasteiger partial charge < -0.3 is 15.3 Å². The molecule has 0 bridgehead atoms. The largest absolute Gasteiger partial charge is 0.480 e. The number of hydrogen-bond donors (Lipinski definition) is 2. The summed E-state index contributed by atoms with van der Waals surface area (Å²) in [5, 5.41) is 13.1. The van der Waals surface area contributed by atoms with Crippen LogP contribution in [0.4, 0.5) is 0 Å². The van der Waals surface area contributed by atoms with Crippen LogP contribution in [0.15, 0.2) is 0 Å². The molecule has 0 amide bonds. The van der Waals surface area contributed by atoms with Crippen molar-refractivity contribution >= 4 is 5.97 Å². The Kier molecular flexibility index (Phi) is 4.75. The molecule has 0 aromatic rings. The van der Waals surface area contributed by atoms with Crippen LogP contribution in [0.3, 0.4) is 0 Å². The lowest BCUT2D eigenvalue weighted by molar-refractivity contribution is -0.147. The van der Waals surface area contributed by atoms with Gasteiger partial charge in [0.1, 0.15) is 5.54 Å². The third-order valence-corrected chi connectivity index (χ3v) is 5.05. The maximum atomic E-state index is 11.9. The Hall–Kier alpha value is -0.610.